The predicted octanol–water partition coefficient (Wildman–Crippen LogP) is 1.02. The first-order chi connectivity index (χ1) is 9.06. The fourth-order valence-electron chi connectivity index (χ4n) is 1.79. The van der Waals surface area contributed by atoms with Crippen molar-refractivity contribution in [3.05, 3.63) is 22.4 Å². The molecule has 19 heavy (non-hydrogen) atoms. The number of carbonyl (C=O) groups is 2. The van der Waals surface area contributed by atoms with E-state index in [0.29, 0.717) is 0 Å². The van der Waals surface area contributed by atoms with Crippen LogP contribution in [0.2, 0.25) is 0 Å². The average molecular weight is 282 g/mol. The van der Waals surface area contributed by atoms with Crippen LogP contribution in [0.5, 0.6) is 0 Å². The van der Waals surface area contributed by atoms with Gasteiger partial charge in [0.2, 0.25) is 6.10 Å². The molecule has 6 nitrogen and oxygen atoms in total. The first-order valence-corrected chi connectivity index (χ1v) is 6.78. The predicted molar refractivity (Wildman–Crippen MR) is 70.2 cm³/mol. The van der Waals surface area contributed by atoms with E-state index in [1.165, 1.54) is 0 Å². The molecule has 102 valence electrons. The number of nitrogens with zero attached hydrogens (tertiary/aromatic N) is 1. The SMILES string of the molecule is CC(Cc1ccsc1)NC(=O)C1CC(C(=O)O)=NO1. The molecule has 1 aliphatic rings. The van der Waals surface area contributed by atoms with Crippen molar-refractivity contribution in [1.29, 1.82) is 0 Å². The Morgan fingerprint density at radius 2 is 2.47 bits per heavy atom. The minimum absolute atomic E-state index is 0.00629. The van der Waals surface area contributed by atoms with Crippen LogP contribution in [0.3, 0.4) is 0 Å². The summed E-state index contributed by atoms with van der Waals surface area (Å²) in [5.41, 5.74) is 1.04. The number of amides is 1. The molecular weight excluding hydrogens is 268 g/mol. The average Bonchev–Trinajstić information content (AvgIpc) is 2.98. The van der Waals surface area contributed by atoms with E-state index >= 15 is 0 Å². The summed E-state index contributed by atoms with van der Waals surface area (Å²) in [6.45, 7) is 1.89. The summed E-state index contributed by atoms with van der Waals surface area (Å²) in [6.07, 6.45) is -0.1000. The third kappa shape index (κ3) is 3.54. The lowest BCUT2D eigenvalue weighted by atomic mass is 10.1. The fraction of sp³-hybridized carbons (Fsp3) is 0.417. The number of thiophene rings is 1. The fourth-order valence-corrected chi connectivity index (χ4v) is 2.47. The molecule has 1 aromatic heterocycles. The second kappa shape index (κ2) is 5.83. The van der Waals surface area contributed by atoms with Crippen molar-refractivity contribution < 1.29 is 19.5 Å². The summed E-state index contributed by atoms with van der Waals surface area (Å²) in [6, 6.07) is 1.96. The van der Waals surface area contributed by atoms with Crippen LogP contribution in [0.25, 0.3) is 0 Å². The smallest absolute Gasteiger partial charge is 0.353 e. The summed E-state index contributed by atoms with van der Waals surface area (Å²) in [4.78, 5) is 27.3. The van der Waals surface area contributed by atoms with Crippen LogP contribution in [0.4, 0.5) is 0 Å². The van der Waals surface area contributed by atoms with Gasteiger partial charge in [-0.25, -0.2) is 4.79 Å². The van der Waals surface area contributed by atoms with E-state index in [0.717, 1.165) is 12.0 Å². The van der Waals surface area contributed by atoms with E-state index in [4.69, 9.17) is 9.94 Å². The Morgan fingerprint density at radius 3 is 3.05 bits per heavy atom. The van der Waals surface area contributed by atoms with Crippen LogP contribution in [-0.4, -0.2) is 34.8 Å². The molecule has 0 radical (unpaired) electrons. The Bertz CT molecular complexity index is 498. The highest BCUT2D eigenvalue weighted by atomic mass is 32.1. The Balaban J connectivity index is 1.80. The van der Waals surface area contributed by atoms with Crippen molar-refractivity contribution in [2.24, 2.45) is 5.16 Å². The van der Waals surface area contributed by atoms with Crippen molar-refractivity contribution in [3.63, 3.8) is 0 Å². The maximum Gasteiger partial charge on any atom is 0.353 e. The minimum atomic E-state index is -1.15. The van der Waals surface area contributed by atoms with Gasteiger partial charge in [-0.2, -0.15) is 11.3 Å². The van der Waals surface area contributed by atoms with E-state index < -0.39 is 12.1 Å². The highest BCUT2D eigenvalue weighted by molar-refractivity contribution is 7.07. The second-order valence-electron chi connectivity index (χ2n) is 4.39. The number of aliphatic carboxylic acids is 1. The quantitative estimate of drug-likeness (QED) is 0.844. The molecule has 0 saturated carbocycles. The lowest BCUT2D eigenvalue weighted by Gasteiger charge is -2.15. The number of carboxylic acid groups (broad SMARTS) is 1. The zero-order valence-electron chi connectivity index (χ0n) is 10.3. The lowest BCUT2D eigenvalue weighted by molar-refractivity contribution is -0.131. The van der Waals surface area contributed by atoms with Crippen LogP contribution < -0.4 is 5.32 Å². The highest BCUT2D eigenvalue weighted by Gasteiger charge is 2.31. The molecule has 1 aliphatic heterocycles. The largest absolute Gasteiger partial charge is 0.477 e. The Hall–Kier alpha value is -1.89. The second-order valence-corrected chi connectivity index (χ2v) is 5.17. The molecule has 1 amide bonds. The first kappa shape index (κ1) is 13.5. The van der Waals surface area contributed by atoms with Crippen LogP contribution in [0, 0.1) is 0 Å². The van der Waals surface area contributed by atoms with Gasteiger partial charge >= 0.3 is 5.97 Å². The maximum absolute atomic E-state index is 11.9. The van der Waals surface area contributed by atoms with Gasteiger partial charge in [-0.05, 0) is 35.7 Å². The van der Waals surface area contributed by atoms with Gasteiger partial charge < -0.3 is 15.3 Å². The number of nitrogens with one attached hydrogen (secondary N) is 1. The molecule has 2 N–H and O–H groups in total. The van der Waals surface area contributed by atoms with Gasteiger partial charge in [0.25, 0.3) is 5.91 Å². The standard InChI is InChI=1S/C12H14N2O4S/c1-7(4-8-2-3-19-6-8)13-11(15)10-5-9(12(16)17)14-18-10/h2-3,6-7,10H,4-5H2,1H3,(H,13,15)(H,16,17). The number of hydrogen-bond acceptors (Lipinski definition) is 5. The molecule has 1 aromatic rings. The van der Waals surface area contributed by atoms with Crippen molar-refractivity contribution in [3.8, 4) is 0 Å². The van der Waals surface area contributed by atoms with Crippen LogP contribution >= 0.6 is 11.3 Å². The summed E-state index contributed by atoms with van der Waals surface area (Å²) >= 11 is 1.61. The summed E-state index contributed by atoms with van der Waals surface area (Å²) in [5.74, 6) is -1.48. The maximum atomic E-state index is 11.9. The van der Waals surface area contributed by atoms with Crippen molar-refractivity contribution in [2.75, 3.05) is 0 Å². The van der Waals surface area contributed by atoms with Crippen molar-refractivity contribution >= 4 is 28.9 Å². The Morgan fingerprint density at radius 1 is 1.68 bits per heavy atom. The molecule has 0 fully saturated rings. The first-order valence-electron chi connectivity index (χ1n) is 5.83. The zero-order valence-corrected chi connectivity index (χ0v) is 11.1. The zero-order chi connectivity index (χ0) is 13.8. The molecule has 2 rings (SSSR count). The van der Waals surface area contributed by atoms with Gasteiger partial charge in [0.1, 0.15) is 0 Å². The van der Waals surface area contributed by atoms with Gasteiger partial charge in [-0.3, -0.25) is 4.79 Å². The number of carboxylic acids is 1. The molecule has 2 unspecified atom stereocenters. The van der Waals surface area contributed by atoms with E-state index in [2.05, 4.69) is 10.5 Å². The summed E-state index contributed by atoms with van der Waals surface area (Å²) < 4.78 is 0. The van der Waals surface area contributed by atoms with Gasteiger partial charge in [0.15, 0.2) is 5.71 Å². The molecule has 0 saturated heterocycles. The van der Waals surface area contributed by atoms with Gasteiger partial charge in [-0.1, -0.05) is 5.16 Å². The number of oxime groups is 1. The molecule has 7 heteroatoms. The number of rotatable bonds is 5. The van der Waals surface area contributed by atoms with E-state index in [1.807, 2.05) is 23.8 Å². The molecule has 0 aromatic carbocycles. The van der Waals surface area contributed by atoms with Gasteiger partial charge in [0.05, 0.1) is 0 Å². The van der Waals surface area contributed by atoms with Crippen LogP contribution in [-0.2, 0) is 20.8 Å². The molecule has 2 heterocycles. The van der Waals surface area contributed by atoms with Crippen LogP contribution in [0.15, 0.2) is 22.0 Å². The van der Waals surface area contributed by atoms with E-state index in [-0.39, 0.29) is 24.1 Å². The monoisotopic (exact) mass is 282 g/mol. The lowest BCUT2D eigenvalue weighted by Crippen LogP contribution is -2.41. The molecule has 0 aliphatic carbocycles. The van der Waals surface area contributed by atoms with Crippen LogP contribution in [0.1, 0.15) is 18.9 Å². The molecular formula is C12H14N2O4S. The van der Waals surface area contributed by atoms with Gasteiger partial charge in [-0.15, -0.1) is 0 Å². The Kier molecular flexibility index (Phi) is 4.16. The molecule has 2 atom stereocenters. The summed E-state index contributed by atoms with van der Waals surface area (Å²) in [7, 11) is 0. The van der Waals surface area contributed by atoms with Crippen molar-refractivity contribution in [2.45, 2.75) is 31.9 Å². The third-order valence-corrected chi connectivity index (χ3v) is 3.45. The molecule has 0 spiro atoms. The van der Waals surface area contributed by atoms with Gasteiger partial charge in [0, 0.05) is 12.5 Å². The van der Waals surface area contributed by atoms with Crippen molar-refractivity contribution in [1.82, 2.24) is 5.32 Å². The number of hydrogen-bond donors (Lipinski definition) is 2. The Labute approximate surface area is 114 Å². The normalized spacial score (nSPS) is 19.4. The minimum Gasteiger partial charge on any atom is -0.477 e. The summed E-state index contributed by atoms with van der Waals surface area (Å²) in [5, 5.41) is 18.9. The highest BCUT2D eigenvalue weighted by Crippen LogP contribution is 2.12. The van der Waals surface area contributed by atoms with E-state index in [1.54, 1.807) is 11.3 Å². The number of carbonyl (C=O) groups excluding carboxylic acids is 1. The third-order valence-electron chi connectivity index (χ3n) is 2.72. The topological polar surface area (TPSA) is 88.0 Å². The molecule has 0 bridgehead atoms. The van der Waals surface area contributed by atoms with E-state index in [9.17, 15) is 9.59 Å².